The van der Waals surface area contributed by atoms with Crippen molar-refractivity contribution in [3.05, 3.63) is 12.1 Å². The van der Waals surface area contributed by atoms with Gasteiger partial charge in [0.05, 0.1) is 24.2 Å². The first kappa shape index (κ1) is 11.4. The summed E-state index contributed by atoms with van der Waals surface area (Å²) < 4.78 is 5.14. The lowest BCUT2D eigenvalue weighted by molar-refractivity contribution is -0.880. The molecule has 84 valence electrons. The van der Waals surface area contributed by atoms with Gasteiger partial charge in [-0.2, -0.15) is 10.5 Å². The molecule has 0 unspecified atom stereocenters. The van der Waals surface area contributed by atoms with Crippen molar-refractivity contribution in [1.82, 2.24) is 0 Å². The molecular formula is C9H18N5O+. The third kappa shape index (κ3) is 2.90. The van der Waals surface area contributed by atoms with E-state index in [0.717, 1.165) is 5.69 Å². The number of nitrogens with zero attached hydrogens (tertiary/aromatic N) is 1. The van der Waals surface area contributed by atoms with Crippen LogP contribution in [0.15, 0.2) is 12.1 Å². The van der Waals surface area contributed by atoms with Crippen molar-refractivity contribution in [1.29, 1.82) is 0 Å². The summed E-state index contributed by atoms with van der Waals surface area (Å²) in [6.07, 6.45) is 0. The van der Waals surface area contributed by atoms with Gasteiger partial charge < -0.3 is 16.2 Å². The second kappa shape index (κ2) is 3.84. The highest BCUT2D eigenvalue weighted by atomic mass is 16.5. The van der Waals surface area contributed by atoms with Crippen molar-refractivity contribution < 1.29 is 9.44 Å². The summed E-state index contributed by atoms with van der Waals surface area (Å²) >= 11 is 0. The summed E-state index contributed by atoms with van der Waals surface area (Å²) in [4.78, 5) is 0. The van der Waals surface area contributed by atoms with Gasteiger partial charge in [0.25, 0.3) is 0 Å². The van der Waals surface area contributed by atoms with E-state index < -0.39 is 0 Å². The Bertz CT molecular complexity index is 335. The third-order valence-electron chi connectivity index (χ3n) is 1.77. The number of ether oxygens (including phenoxy) is 1. The Morgan fingerprint density at radius 1 is 1.20 bits per heavy atom. The fourth-order valence-corrected chi connectivity index (χ4v) is 1.31. The minimum atomic E-state index is 0.0885. The Kier molecular flexibility index (Phi) is 2.92. The molecular weight excluding hydrogens is 194 g/mol. The topological polar surface area (TPSA) is 99.3 Å². The van der Waals surface area contributed by atoms with E-state index in [2.05, 4.69) is 5.43 Å². The fraction of sp³-hybridized carbons (Fsp3) is 0.333. The third-order valence-corrected chi connectivity index (χ3v) is 1.77. The zero-order chi connectivity index (χ0) is 11.6. The molecule has 0 spiro atoms. The Morgan fingerprint density at radius 3 is 2.00 bits per heavy atom. The van der Waals surface area contributed by atoms with Gasteiger partial charge in [-0.25, -0.2) is 5.43 Å². The zero-order valence-corrected chi connectivity index (χ0v) is 9.24. The summed E-state index contributed by atoms with van der Waals surface area (Å²) in [5.41, 5.74) is 16.2. The molecule has 0 aromatic heterocycles. The summed E-state index contributed by atoms with van der Waals surface area (Å²) in [7, 11) is 5.10. The van der Waals surface area contributed by atoms with Gasteiger partial charge in [-0.05, 0) is 12.1 Å². The highest BCUT2D eigenvalue weighted by molar-refractivity contribution is 5.73. The Hall–Kier alpha value is -1.66. The SMILES string of the molecule is COc1c(N)cc(N[N+](C)(C)N)cc1N. The monoisotopic (exact) mass is 212 g/mol. The van der Waals surface area contributed by atoms with Crippen molar-refractivity contribution in [2.24, 2.45) is 5.84 Å². The van der Waals surface area contributed by atoms with Crippen LogP contribution in [0.3, 0.4) is 0 Å². The van der Waals surface area contributed by atoms with Crippen LogP contribution in [-0.4, -0.2) is 25.9 Å². The van der Waals surface area contributed by atoms with Gasteiger partial charge in [-0.15, -0.1) is 0 Å². The lowest BCUT2D eigenvalue weighted by Crippen LogP contribution is -2.51. The maximum Gasteiger partial charge on any atom is 0.164 e. The van der Waals surface area contributed by atoms with E-state index in [1.54, 1.807) is 26.2 Å². The van der Waals surface area contributed by atoms with E-state index in [-0.39, 0.29) is 4.70 Å². The Morgan fingerprint density at radius 2 is 1.67 bits per heavy atom. The predicted molar refractivity (Wildman–Crippen MR) is 61.7 cm³/mol. The molecule has 0 fully saturated rings. The molecule has 1 aromatic carbocycles. The van der Waals surface area contributed by atoms with Crippen LogP contribution in [-0.2, 0) is 0 Å². The van der Waals surface area contributed by atoms with Crippen molar-refractivity contribution in [2.45, 2.75) is 0 Å². The van der Waals surface area contributed by atoms with E-state index in [1.165, 1.54) is 7.11 Å². The molecule has 0 aliphatic carbocycles. The first-order valence-corrected chi connectivity index (χ1v) is 4.47. The lowest BCUT2D eigenvalue weighted by atomic mass is 10.2. The molecule has 7 N–H and O–H groups in total. The summed E-state index contributed by atoms with van der Waals surface area (Å²) in [6, 6.07) is 3.45. The Labute approximate surface area is 89.1 Å². The largest absolute Gasteiger partial charge is 0.492 e. The van der Waals surface area contributed by atoms with Gasteiger partial charge in [0, 0.05) is 0 Å². The van der Waals surface area contributed by atoms with Crippen molar-refractivity contribution >= 4 is 17.1 Å². The molecule has 0 radical (unpaired) electrons. The van der Waals surface area contributed by atoms with Gasteiger partial charge in [-0.3, -0.25) is 0 Å². The number of benzene rings is 1. The molecule has 0 saturated carbocycles. The van der Waals surface area contributed by atoms with E-state index in [0.29, 0.717) is 17.1 Å². The molecule has 0 aliphatic heterocycles. The normalized spacial score (nSPS) is 11.2. The molecule has 0 bridgehead atoms. The van der Waals surface area contributed by atoms with Crippen LogP contribution in [0, 0.1) is 0 Å². The Balaban J connectivity index is 3.04. The number of hydrogen-bond donors (Lipinski definition) is 4. The predicted octanol–water partition coefficient (Wildman–Crippen LogP) is 0.137. The quantitative estimate of drug-likeness (QED) is 0.247. The van der Waals surface area contributed by atoms with Gasteiger partial charge in [0.1, 0.15) is 14.1 Å². The molecule has 15 heavy (non-hydrogen) atoms. The van der Waals surface area contributed by atoms with Crippen molar-refractivity contribution in [2.75, 3.05) is 38.1 Å². The van der Waals surface area contributed by atoms with Crippen molar-refractivity contribution in [3.63, 3.8) is 0 Å². The lowest BCUT2D eigenvalue weighted by Gasteiger charge is -2.24. The fourth-order valence-electron chi connectivity index (χ4n) is 1.31. The number of methoxy groups -OCH3 is 1. The minimum absolute atomic E-state index is 0.0885. The molecule has 1 rings (SSSR count). The molecule has 6 nitrogen and oxygen atoms in total. The van der Waals surface area contributed by atoms with E-state index in [4.69, 9.17) is 22.0 Å². The zero-order valence-electron chi connectivity index (χ0n) is 9.24. The number of anilines is 3. The molecule has 0 aliphatic rings. The van der Waals surface area contributed by atoms with E-state index >= 15 is 0 Å². The summed E-state index contributed by atoms with van der Waals surface area (Å²) in [5.74, 6) is 6.24. The molecule has 6 heteroatoms. The average molecular weight is 212 g/mol. The van der Waals surface area contributed by atoms with Gasteiger partial charge in [-0.1, -0.05) is 0 Å². The van der Waals surface area contributed by atoms with Crippen LogP contribution in [0.25, 0.3) is 0 Å². The molecule has 0 saturated heterocycles. The number of hydrogen-bond acceptors (Lipinski definition) is 5. The van der Waals surface area contributed by atoms with Crippen LogP contribution in [0.1, 0.15) is 0 Å². The van der Waals surface area contributed by atoms with E-state index in [9.17, 15) is 0 Å². The first-order valence-electron chi connectivity index (χ1n) is 4.47. The van der Waals surface area contributed by atoms with E-state index in [1.807, 2.05) is 0 Å². The highest BCUT2D eigenvalue weighted by Gasteiger charge is 2.12. The molecule has 0 amide bonds. The van der Waals surface area contributed by atoms with Crippen LogP contribution in [0.2, 0.25) is 0 Å². The summed E-state index contributed by atoms with van der Waals surface area (Å²) in [6.45, 7) is 0. The minimum Gasteiger partial charge on any atom is -0.492 e. The first-order chi connectivity index (χ1) is 6.83. The molecule has 0 heterocycles. The van der Waals surface area contributed by atoms with Gasteiger partial charge >= 0.3 is 0 Å². The number of nitrogens with one attached hydrogen (secondary N) is 1. The maximum absolute atomic E-state index is 5.76. The van der Waals surface area contributed by atoms with Crippen LogP contribution in [0.4, 0.5) is 17.1 Å². The number of nitrogen functional groups attached to an aromatic ring is 2. The number of quaternary nitrogens is 1. The smallest absolute Gasteiger partial charge is 0.164 e. The second-order valence-corrected chi connectivity index (χ2v) is 3.84. The maximum atomic E-state index is 5.76. The standard InChI is InChI=1S/C9H18N5O/c1-14(2,12)13-6-4-7(10)9(15-3)8(11)5-6/h4-5,13H,10-12H2,1-3H3/q+1. The van der Waals surface area contributed by atoms with Crippen LogP contribution in [0.5, 0.6) is 5.75 Å². The van der Waals surface area contributed by atoms with Gasteiger partial charge in [0.15, 0.2) is 5.75 Å². The highest BCUT2D eigenvalue weighted by Crippen LogP contribution is 2.32. The molecule has 0 atom stereocenters. The number of nitrogens with two attached hydrogens (primary N) is 3. The van der Waals surface area contributed by atoms with Crippen LogP contribution >= 0.6 is 0 Å². The molecule has 1 aromatic rings. The summed E-state index contributed by atoms with van der Waals surface area (Å²) in [5, 5.41) is 0. The van der Waals surface area contributed by atoms with Crippen LogP contribution < -0.4 is 27.5 Å². The number of rotatable bonds is 3. The average Bonchev–Trinajstić information content (AvgIpc) is 1.99. The second-order valence-electron chi connectivity index (χ2n) is 3.84. The van der Waals surface area contributed by atoms with Crippen molar-refractivity contribution in [3.8, 4) is 5.75 Å². The van der Waals surface area contributed by atoms with Gasteiger partial charge in [0.2, 0.25) is 0 Å².